The zero-order valence-electron chi connectivity index (χ0n) is 23.1. The number of carbonyl (C=O) groups excluding carboxylic acids is 3. The third kappa shape index (κ3) is 7.33. The molecule has 3 amide bonds. The SMILES string of the molecule is CCC(C)C(NC(=O)OC(C)(C)C)C(=O)N(C)C(C(=O)Nc1c(C)cccc1C)c1ccccc1C. The molecule has 0 bridgehead atoms. The lowest BCUT2D eigenvalue weighted by molar-refractivity contribution is -0.140. The van der Waals surface area contributed by atoms with Crippen LogP contribution in [0.4, 0.5) is 10.5 Å². The monoisotopic (exact) mass is 495 g/mol. The van der Waals surface area contributed by atoms with Crippen molar-refractivity contribution < 1.29 is 19.1 Å². The number of benzene rings is 2. The third-order valence-corrected chi connectivity index (χ3v) is 6.35. The van der Waals surface area contributed by atoms with E-state index in [0.29, 0.717) is 6.42 Å². The van der Waals surface area contributed by atoms with Crippen LogP contribution in [0, 0.1) is 26.7 Å². The Morgan fingerprint density at radius 1 is 0.944 bits per heavy atom. The Labute approximate surface area is 215 Å². The van der Waals surface area contributed by atoms with Gasteiger partial charge in [-0.3, -0.25) is 9.59 Å². The van der Waals surface area contributed by atoms with E-state index in [4.69, 9.17) is 4.74 Å². The van der Waals surface area contributed by atoms with Gasteiger partial charge in [0, 0.05) is 12.7 Å². The summed E-state index contributed by atoms with van der Waals surface area (Å²) in [6, 6.07) is 11.6. The third-order valence-electron chi connectivity index (χ3n) is 6.35. The molecule has 2 aromatic carbocycles. The Morgan fingerprint density at radius 2 is 1.50 bits per heavy atom. The van der Waals surface area contributed by atoms with Crippen molar-refractivity contribution in [2.24, 2.45) is 5.92 Å². The standard InChI is InChI=1S/C29H41N3O4/c1-10-18(2)24(31-28(35)36-29(6,7)8)27(34)32(9)25(22-17-12-11-14-19(22)3)26(33)30-23-20(4)15-13-16-21(23)5/h11-18,24-25H,10H2,1-9H3,(H,30,33)(H,31,35). The van der Waals surface area contributed by atoms with Crippen LogP contribution < -0.4 is 10.6 Å². The maximum atomic E-state index is 13.8. The fourth-order valence-electron chi connectivity index (χ4n) is 4.09. The zero-order chi connectivity index (χ0) is 27.2. The van der Waals surface area contributed by atoms with Crippen molar-refractivity contribution in [2.45, 2.75) is 79.5 Å². The Bertz CT molecular complexity index is 1070. The lowest BCUT2D eigenvalue weighted by Gasteiger charge is -2.34. The minimum Gasteiger partial charge on any atom is -0.444 e. The zero-order valence-corrected chi connectivity index (χ0v) is 23.1. The van der Waals surface area contributed by atoms with Crippen molar-refractivity contribution in [1.29, 1.82) is 0 Å². The van der Waals surface area contributed by atoms with E-state index in [9.17, 15) is 14.4 Å². The quantitative estimate of drug-likeness (QED) is 0.492. The number of rotatable bonds is 8. The molecule has 0 heterocycles. The molecule has 0 spiro atoms. The molecule has 2 N–H and O–H groups in total. The molecule has 0 fully saturated rings. The van der Waals surface area contributed by atoms with Gasteiger partial charge in [-0.1, -0.05) is 62.7 Å². The highest BCUT2D eigenvalue weighted by molar-refractivity contribution is 6.00. The van der Waals surface area contributed by atoms with E-state index >= 15 is 0 Å². The topological polar surface area (TPSA) is 87.7 Å². The molecule has 0 saturated heterocycles. The highest BCUT2D eigenvalue weighted by Gasteiger charge is 2.36. The van der Waals surface area contributed by atoms with Crippen molar-refractivity contribution >= 4 is 23.6 Å². The van der Waals surface area contributed by atoms with Crippen molar-refractivity contribution in [3.63, 3.8) is 0 Å². The summed E-state index contributed by atoms with van der Waals surface area (Å²) < 4.78 is 5.41. The van der Waals surface area contributed by atoms with Gasteiger partial charge >= 0.3 is 6.09 Å². The number of alkyl carbamates (subject to hydrolysis) is 1. The summed E-state index contributed by atoms with van der Waals surface area (Å²) in [5, 5.41) is 5.80. The van der Waals surface area contributed by atoms with Gasteiger partial charge in [0.15, 0.2) is 0 Å². The second-order valence-electron chi connectivity index (χ2n) is 10.5. The highest BCUT2D eigenvalue weighted by Crippen LogP contribution is 2.28. The summed E-state index contributed by atoms with van der Waals surface area (Å²) in [7, 11) is 1.61. The molecule has 0 aliphatic heterocycles. The largest absolute Gasteiger partial charge is 0.444 e. The molecular formula is C29H41N3O4. The summed E-state index contributed by atoms with van der Waals surface area (Å²) >= 11 is 0. The second kappa shape index (κ2) is 12.1. The van der Waals surface area contributed by atoms with Crippen LogP contribution in [-0.4, -0.2) is 41.5 Å². The van der Waals surface area contributed by atoms with Gasteiger partial charge in [-0.15, -0.1) is 0 Å². The van der Waals surface area contributed by atoms with E-state index in [-0.39, 0.29) is 17.7 Å². The van der Waals surface area contributed by atoms with Gasteiger partial charge in [-0.25, -0.2) is 4.79 Å². The van der Waals surface area contributed by atoms with Crippen LogP contribution in [-0.2, 0) is 14.3 Å². The van der Waals surface area contributed by atoms with Gasteiger partial charge in [0.25, 0.3) is 5.91 Å². The first-order chi connectivity index (χ1) is 16.8. The number of carbonyl (C=O) groups is 3. The molecule has 0 aliphatic carbocycles. The van der Waals surface area contributed by atoms with Gasteiger partial charge in [0.05, 0.1) is 0 Å². The van der Waals surface area contributed by atoms with Crippen LogP contribution in [0.2, 0.25) is 0 Å². The minimum atomic E-state index is -0.898. The fraction of sp³-hybridized carbons (Fsp3) is 0.483. The second-order valence-corrected chi connectivity index (χ2v) is 10.5. The van der Waals surface area contributed by atoms with Gasteiger partial charge in [0.2, 0.25) is 5.91 Å². The molecule has 0 aromatic heterocycles. The van der Waals surface area contributed by atoms with E-state index in [1.165, 1.54) is 4.90 Å². The Kier molecular flexibility index (Phi) is 9.68. The lowest BCUT2D eigenvalue weighted by Crippen LogP contribution is -2.53. The highest BCUT2D eigenvalue weighted by atomic mass is 16.6. The van der Waals surface area contributed by atoms with Crippen molar-refractivity contribution in [1.82, 2.24) is 10.2 Å². The predicted molar refractivity (Wildman–Crippen MR) is 144 cm³/mol. The van der Waals surface area contributed by atoms with Crippen molar-refractivity contribution in [3.8, 4) is 0 Å². The average molecular weight is 496 g/mol. The average Bonchev–Trinajstić information content (AvgIpc) is 2.79. The number of nitrogens with zero attached hydrogens (tertiary/aromatic N) is 1. The van der Waals surface area contributed by atoms with E-state index < -0.39 is 23.8 Å². The number of hydrogen-bond acceptors (Lipinski definition) is 4. The Balaban J connectivity index is 2.46. The first-order valence-corrected chi connectivity index (χ1v) is 12.5. The summed E-state index contributed by atoms with van der Waals surface area (Å²) in [5.74, 6) is -0.857. The van der Waals surface area contributed by atoms with Crippen LogP contribution in [0.1, 0.15) is 69.3 Å². The van der Waals surface area contributed by atoms with E-state index in [2.05, 4.69) is 10.6 Å². The van der Waals surface area contributed by atoms with Crippen LogP contribution in [0.5, 0.6) is 0 Å². The lowest BCUT2D eigenvalue weighted by atomic mass is 9.94. The van der Waals surface area contributed by atoms with Gasteiger partial charge in [-0.05, 0) is 69.7 Å². The maximum absolute atomic E-state index is 13.8. The van der Waals surface area contributed by atoms with E-state index in [1.807, 2.05) is 77.1 Å². The number of nitrogens with one attached hydrogen (secondary N) is 2. The number of likely N-dealkylation sites (N-methyl/N-ethyl adjacent to an activating group) is 1. The normalized spacial score (nSPS) is 13.8. The summed E-state index contributed by atoms with van der Waals surface area (Å²) in [6.45, 7) is 14.9. The molecule has 36 heavy (non-hydrogen) atoms. The minimum absolute atomic E-state index is 0.174. The van der Waals surface area contributed by atoms with Crippen LogP contribution in [0.15, 0.2) is 42.5 Å². The van der Waals surface area contributed by atoms with Gasteiger partial charge in [0.1, 0.15) is 17.7 Å². The van der Waals surface area contributed by atoms with E-state index in [0.717, 1.165) is 27.9 Å². The summed E-state index contributed by atoms with van der Waals surface area (Å²) in [4.78, 5) is 41.6. The molecule has 0 radical (unpaired) electrons. The number of ether oxygens (including phenoxy) is 1. The van der Waals surface area contributed by atoms with Crippen molar-refractivity contribution in [2.75, 3.05) is 12.4 Å². The van der Waals surface area contributed by atoms with Crippen molar-refractivity contribution in [3.05, 3.63) is 64.7 Å². The molecule has 7 nitrogen and oxygen atoms in total. The molecule has 7 heteroatoms. The number of anilines is 1. The molecule has 0 aliphatic rings. The molecular weight excluding hydrogens is 454 g/mol. The van der Waals surface area contributed by atoms with Crippen LogP contribution >= 0.6 is 0 Å². The number of amides is 3. The molecule has 0 saturated carbocycles. The molecule has 196 valence electrons. The fourth-order valence-corrected chi connectivity index (χ4v) is 4.09. The number of hydrogen-bond donors (Lipinski definition) is 2. The smallest absolute Gasteiger partial charge is 0.408 e. The van der Waals surface area contributed by atoms with E-state index in [1.54, 1.807) is 27.8 Å². The van der Waals surface area contributed by atoms with Crippen LogP contribution in [0.25, 0.3) is 0 Å². The number of aryl methyl sites for hydroxylation is 3. The molecule has 3 unspecified atom stereocenters. The molecule has 3 atom stereocenters. The van der Waals surface area contributed by atoms with Gasteiger partial charge in [-0.2, -0.15) is 0 Å². The van der Waals surface area contributed by atoms with Gasteiger partial charge < -0.3 is 20.3 Å². The summed E-state index contributed by atoms with van der Waals surface area (Å²) in [6.07, 6.45) is -0.00841. The molecule has 2 aromatic rings. The Morgan fingerprint density at radius 3 is 2.03 bits per heavy atom. The first-order valence-electron chi connectivity index (χ1n) is 12.5. The first kappa shape index (κ1) is 28.9. The number of para-hydroxylation sites is 1. The van der Waals surface area contributed by atoms with Crippen LogP contribution in [0.3, 0.4) is 0 Å². The maximum Gasteiger partial charge on any atom is 0.408 e. The predicted octanol–water partition coefficient (Wildman–Crippen LogP) is 5.69. The Hall–Kier alpha value is -3.35. The molecule has 2 rings (SSSR count). The summed E-state index contributed by atoms with van der Waals surface area (Å²) in [5.41, 5.74) is 3.51.